The molecule has 0 spiro atoms. The van der Waals surface area contributed by atoms with E-state index in [1.165, 1.54) is 0 Å². The fourth-order valence-electron chi connectivity index (χ4n) is 3.17. The lowest BCUT2D eigenvalue weighted by Crippen LogP contribution is -2.13. The molecule has 17 heteroatoms. The van der Waals surface area contributed by atoms with Gasteiger partial charge in [-0.3, -0.25) is 0 Å². The molecule has 212 valence electrons. The maximum atomic E-state index is 13.2. The maximum Gasteiger partial charge on any atom is 0.416 e. The number of hydrogen-bond acceptors (Lipinski definition) is 3. The summed E-state index contributed by atoms with van der Waals surface area (Å²) in [6.07, 6.45) is -21.1. The largest absolute Gasteiger partial charge is 0.416 e. The lowest BCUT2D eigenvalue weighted by atomic mass is 10.1. The van der Waals surface area contributed by atoms with Crippen molar-refractivity contribution >= 4 is 27.3 Å². The Morgan fingerprint density at radius 3 is 0.974 bits per heavy atom. The summed E-state index contributed by atoms with van der Waals surface area (Å²) in [4.78, 5) is -3.41. The van der Waals surface area contributed by atoms with E-state index >= 15 is 0 Å². The monoisotopic (exact) mass is 613 g/mol. The number of para-hydroxylation sites is 1. The highest BCUT2D eigenvalue weighted by atomic mass is 32.2. The van der Waals surface area contributed by atoms with Crippen LogP contribution in [-0.2, 0) is 46.3 Å². The van der Waals surface area contributed by atoms with Crippen molar-refractivity contribution in [3.63, 3.8) is 0 Å². The van der Waals surface area contributed by atoms with Gasteiger partial charge in [0.2, 0.25) is 0 Å². The molecule has 2 N–H and O–H groups in total. The maximum absolute atomic E-state index is 13.2. The molecule has 39 heavy (non-hydrogen) atoms. The van der Waals surface area contributed by atoms with Crippen LogP contribution in [0.4, 0.5) is 58.4 Å². The molecule has 0 amide bonds. The number of benzene rings is 3. The molecule has 0 saturated heterocycles. The summed E-state index contributed by atoms with van der Waals surface area (Å²) in [5.74, 6) is 0. The normalized spacial score (nSPS) is 14.8. The molecule has 0 heterocycles. The van der Waals surface area contributed by atoms with Gasteiger partial charge in [0.1, 0.15) is 0 Å². The van der Waals surface area contributed by atoms with E-state index in [1.54, 1.807) is 0 Å². The topological polar surface area (TPSA) is 60.2 Å². The molecule has 0 aliphatic heterocycles. The zero-order chi connectivity index (χ0) is 29.7. The lowest BCUT2D eigenvalue weighted by molar-refractivity contribution is -0.145. The van der Waals surface area contributed by atoms with Gasteiger partial charge in [-0.2, -0.15) is 52.7 Å². The standard InChI is InChI=1S/C22H11F12NO2S2/c23-19(24,25)10-4-11(20(26,27)28)7-14(6-10)38(36)16-2-1-3-17(18(16)35)39(37)15-8-12(21(29,30)31)5-13(9-15)22(32,33)34/h1-9H,35H2. The fraction of sp³-hybridized carbons (Fsp3) is 0.182. The third-order valence-electron chi connectivity index (χ3n) is 4.98. The Labute approximate surface area is 215 Å². The van der Waals surface area contributed by atoms with Gasteiger partial charge < -0.3 is 5.73 Å². The number of hydrogen-bond donors (Lipinski definition) is 1. The predicted octanol–water partition coefficient (Wildman–Crippen LogP) is 7.68. The van der Waals surface area contributed by atoms with Crippen molar-refractivity contribution in [2.45, 2.75) is 44.3 Å². The van der Waals surface area contributed by atoms with Crippen LogP contribution in [-0.4, -0.2) is 8.42 Å². The number of alkyl halides is 12. The summed E-state index contributed by atoms with van der Waals surface area (Å²) < 4.78 is 184. The number of nitrogens with two attached hydrogens (primary N) is 1. The Kier molecular flexibility index (Phi) is 7.93. The summed E-state index contributed by atoms with van der Waals surface area (Å²) in [6.45, 7) is 0. The Balaban J connectivity index is 2.16. The zero-order valence-electron chi connectivity index (χ0n) is 18.4. The van der Waals surface area contributed by atoms with Gasteiger partial charge in [0.05, 0.1) is 59.3 Å². The van der Waals surface area contributed by atoms with Crippen LogP contribution < -0.4 is 5.73 Å². The van der Waals surface area contributed by atoms with E-state index in [0.717, 1.165) is 18.2 Å². The molecule has 0 aromatic heterocycles. The molecule has 0 aliphatic carbocycles. The molecular formula is C22H11F12NO2S2. The highest BCUT2D eigenvalue weighted by molar-refractivity contribution is 7.86. The van der Waals surface area contributed by atoms with E-state index < -0.39 is 93.8 Å². The molecule has 3 aromatic rings. The predicted molar refractivity (Wildman–Crippen MR) is 113 cm³/mol. The van der Waals surface area contributed by atoms with Gasteiger partial charge in [0.25, 0.3) is 0 Å². The molecule has 2 atom stereocenters. The SMILES string of the molecule is Nc1c(S(=O)c2cc(C(F)(F)F)cc(C(F)(F)F)c2)cccc1S(=O)c1cc(C(F)(F)F)cc(C(F)(F)F)c1. The Morgan fingerprint density at radius 1 is 0.487 bits per heavy atom. The summed E-state index contributed by atoms with van der Waals surface area (Å²) in [5, 5.41) is 0. The molecular weight excluding hydrogens is 602 g/mol. The first kappa shape index (κ1) is 30.5. The van der Waals surface area contributed by atoms with Crippen LogP contribution in [0, 0.1) is 0 Å². The fourth-order valence-corrected chi connectivity index (χ4v) is 5.70. The summed E-state index contributed by atoms with van der Waals surface area (Å²) in [6, 6.07) is 2.82. The third kappa shape index (κ3) is 6.74. The zero-order valence-corrected chi connectivity index (χ0v) is 20.1. The molecule has 0 radical (unpaired) electrons. The van der Waals surface area contributed by atoms with Crippen LogP contribution in [0.2, 0.25) is 0 Å². The second kappa shape index (κ2) is 10.1. The van der Waals surface area contributed by atoms with E-state index in [2.05, 4.69) is 0 Å². The smallest absolute Gasteiger partial charge is 0.397 e. The van der Waals surface area contributed by atoms with Gasteiger partial charge in [0.15, 0.2) is 0 Å². The van der Waals surface area contributed by atoms with Crippen molar-refractivity contribution in [1.82, 2.24) is 0 Å². The Morgan fingerprint density at radius 2 is 0.744 bits per heavy atom. The second-order valence-corrected chi connectivity index (χ2v) is 10.6. The summed E-state index contributed by atoms with van der Waals surface area (Å²) in [5.41, 5.74) is -2.23. The number of nitrogen functional groups attached to an aromatic ring is 1. The summed E-state index contributed by atoms with van der Waals surface area (Å²) in [7, 11) is -5.78. The quantitative estimate of drug-likeness (QED) is 0.243. The molecule has 0 fully saturated rings. The first-order valence-corrected chi connectivity index (χ1v) is 12.2. The van der Waals surface area contributed by atoms with Crippen LogP contribution in [0.3, 0.4) is 0 Å². The first-order chi connectivity index (χ1) is 17.6. The molecule has 0 aliphatic rings. The van der Waals surface area contributed by atoms with Crippen LogP contribution in [0.25, 0.3) is 0 Å². The van der Waals surface area contributed by atoms with Crippen molar-refractivity contribution < 1.29 is 61.1 Å². The minimum atomic E-state index is -5.28. The lowest BCUT2D eigenvalue weighted by Gasteiger charge is -2.16. The Bertz CT molecular complexity index is 1290. The minimum absolute atomic E-state index is 0.150. The van der Waals surface area contributed by atoms with Crippen molar-refractivity contribution in [2.75, 3.05) is 5.73 Å². The van der Waals surface area contributed by atoms with Gasteiger partial charge in [0, 0.05) is 9.79 Å². The van der Waals surface area contributed by atoms with Gasteiger partial charge in [-0.15, -0.1) is 0 Å². The van der Waals surface area contributed by atoms with E-state index in [9.17, 15) is 61.1 Å². The number of rotatable bonds is 4. The molecule has 0 saturated carbocycles. The summed E-state index contributed by atoms with van der Waals surface area (Å²) >= 11 is 0. The molecule has 3 rings (SSSR count). The number of halogens is 12. The minimum Gasteiger partial charge on any atom is -0.397 e. The van der Waals surface area contributed by atoms with Crippen molar-refractivity contribution in [1.29, 1.82) is 0 Å². The highest BCUT2D eigenvalue weighted by Crippen LogP contribution is 2.40. The van der Waals surface area contributed by atoms with Crippen LogP contribution in [0.5, 0.6) is 0 Å². The van der Waals surface area contributed by atoms with E-state index in [-0.39, 0.29) is 36.4 Å². The average Bonchev–Trinajstić information content (AvgIpc) is 2.80. The third-order valence-corrected chi connectivity index (χ3v) is 7.81. The highest BCUT2D eigenvalue weighted by Gasteiger charge is 2.39. The molecule has 3 aromatic carbocycles. The molecule has 2 unspecified atom stereocenters. The molecule has 0 bridgehead atoms. The van der Waals surface area contributed by atoms with E-state index in [0.29, 0.717) is 0 Å². The van der Waals surface area contributed by atoms with E-state index in [4.69, 9.17) is 5.73 Å². The van der Waals surface area contributed by atoms with Gasteiger partial charge in [-0.1, -0.05) is 6.07 Å². The van der Waals surface area contributed by atoms with Gasteiger partial charge in [-0.05, 0) is 48.5 Å². The van der Waals surface area contributed by atoms with Crippen LogP contribution >= 0.6 is 0 Å². The van der Waals surface area contributed by atoms with Gasteiger partial charge >= 0.3 is 24.7 Å². The van der Waals surface area contributed by atoms with Crippen molar-refractivity contribution in [3.05, 3.63) is 76.9 Å². The Hall–Kier alpha value is -3.08. The van der Waals surface area contributed by atoms with Crippen LogP contribution in [0.1, 0.15) is 22.3 Å². The average molecular weight is 613 g/mol. The molecule has 3 nitrogen and oxygen atoms in total. The van der Waals surface area contributed by atoms with Crippen molar-refractivity contribution in [3.8, 4) is 0 Å². The number of anilines is 1. The second-order valence-electron chi connectivity index (χ2n) is 7.69. The first-order valence-electron chi connectivity index (χ1n) is 9.91. The van der Waals surface area contributed by atoms with Crippen LogP contribution in [0.15, 0.2) is 74.2 Å². The van der Waals surface area contributed by atoms with Crippen molar-refractivity contribution in [2.24, 2.45) is 0 Å². The van der Waals surface area contributed by atoms with Gasteiger partial charge in [-0.25, -0.2) is 8.42 Å². The van der Waals surface area contributed by atoms with E-state index in [1.807, 2.05) is 0 Å².